The number of fused-ring (bicyclic) bond motifs is 1. The standard InChI is InChI=1S/C19H20ClFN4O2/c20-13-4-5-14(15(21)11-13)18(26)23-7-9-24(10-8-23)19(27)16-12-25-6-2-1-3-17(25)22-16/h4-5,11-12H,1-3,6-10H2. The van der Waals surface area contributed by atoms with Crippen LogP contribution < -0.4 is 0 Å². The number of aryl methyl sites for hydroxylation is 2. The van der Waals surface area contributed by atoms with Crippen molar-refractivity contribution < 1.29 is 14.0 Å². The van der Waals surface area contributed by atoms with Gasteiger partial charge in [-0.1, -0.05) is 11.6 Å². The molecule has 0 atom stereocenters. The van der Waals surface area contributed by atoms with Crippen LogP contribution in [-0.4, -0.2) is 57.3 Å². The molecule has 1 saturated heterocycles. The van der Waals surface area contributed by atoms with Crippen molar-refractivity contribution in [2.24, 2.45) is 0 Å². The molecule has 0 aliphatic carbocycles. The number of hydrogen-bond donors (Lipinski definition) is 0. The summed E-state index contributed by atoms with van der Waals surface area (Å²) in [5.41, 5.74) is 0.469. The Balaban J connectivity index is 1.40. The van der Waals surface area contributed by atoms with Gasteiger partial charge in [-0.3, -0.25) is 9.59 Å². The highest BCUT2D eigenvalue weighted by molar-refractivity contribution is 6.30. The van der Waals surface area contributed by atoms with Crippen LogP contribution in [0.3, 0.4) is 0 Å². The molecule has 0 bridgehead atoms. The molecule has 1 aromatic carbocycles. The Kier molecular flexibility index (Phi) is 4.86. The lowest BCUT2D eigenvalue weighted by Gasteiger charge is -2.34. The highest BCUT2D eigenvalue weighted by Gasteiger charge is 2.28. The zero-order valence-electron chi connectivity index (χ0n) is 14.8. The van der Waals surface area contributed by atoms with Gasteiger partial charge >= 0.3 is 0 Å². The topological polar surface area (TPSA) is 58.4 Å². The number of aromatic nitrogens is 2. The normalized spacial score (nSPS) is 17.0. The van der Waals surface area contributed by atoms with Gasteiger partial charge in [0.05, 0.1) is 5.56 Å². The lowest BCUT2D eigenvalue weighted by molar-refractivity contribution is 0.0530. The first-order chi connectivity index (χ1) is 13.0. The predicted molar refractivity (Wildman–Crippen MR) is 98.4 cm³/mol. The fraction of sp³-hybridized carbons (Fsp3) is 0.421. The Morgan fingerprint density at radius 2 is 1.70 bits per heavy atom. The monoisotopic (exact) mass is 390 g/mol. The van der Waals surface area contributed by atoms with Crippen molar-refractivity contribution in [1.82, 2.24) is 19.4 Å². The molecule has 2 aliphatic rings. The number of carbonyl (C=O) groups excluding carboxylic acids is 2. The summed E-state index contributed by atoms with van der Waals surface area (Å²) >= 11 is 5.74. The number of rotatable bonds is 2. The SMILES string of the molecule is O=C(c1cn2c(n1)CCCC2)N1CCN(C(=O)c2ccc(Cl)cc2F)CC1. The van der Waals surface area contributed by atoms with Gasteiger partial charge in [0.25, 0.3) is 11.8 Å². The van der Waals surface area contributed by atoms with E-state index in [-0.39, 0.29) is 22.4 Å². The Morgan fingerprint density at radius 3 is 2.37 bits per heavy atom. The molecule has 0 unspecified atom stereocenters. The van der Waals surface area contributed by atoms with E-state index in [1.165, 1.54) is 12.1 Å². The van der Waals surface area contributed by atoms with Crippen molar-refractivity contribution in [2.45, 2.75) is 25.8 Å². The molecule has 27 heavy (non-hydrogen) atoms. The number of hydrogen-bond acceptors (Lipinski definition) is 3. The maximum Gasteiger partial charge on any atom is 0.274 e. The first kappa shape index (κ1) is 18.0. The average Bonchev–Trinajstić information content (AvgIpc) is 3.11. The molecule has 1 aromatic heterocycles. The minimum Gasteiger partial charge on any atom is -0.335 e. The second-order valence-corrected chi connectivity index (χ2v) is 7.34. The third-order valence-electron chi connectivity index (χ3n) is 5.14. The van der Waals surface area contributed by atoms with Crippen molar-refractivity contribution in [2.75, 3.05) is 26.2 Å². The molecule has 2 aliphatic heterocycles. The van der Waals surface area contributed by atoms with E-state index >= 15 is 0 Å². The van der Waals surface area contributed by atoms with Gasteiger partial charge in [0.2, 0.25) is 0 Å². The highest BCUT2D eigenvalue weighted by Crippen LogP contribution is 2.19. The van der Waals surface area contributed by atoms with Crippen LogP contribution in [0.25, 0.3) is 0 Å². The highest BCUT2D eigenvalue weighted by atomic mass is 35.5. The number of amides is 2. The summed E-state index contributed by atoms with van der Waals surface area (Å²) in [6, 6.07) is 4.03. The summed E-state index contributed by atoms with van der Waals surface area (Å²) in [6.45, 7) is 2.44. The Labute approximate surface area is 161 Å². The minimum atomic E-state index is -0.630. The van der Waals surface area contributed by atoms with Gasteiger partial charge < -0.3 is 14.4 Å². The zero-order valence-corrected chi connectivity index (χ0v) is 15.6. The lowest BCUT2D eigenvalue weighted by atomic mass is 10.1. The first-order valence-electron chi connectivity index (χ1n) is 9.12. The molecular formula is C19H20ClFN4O2. The quantitative estimate of drug-likeness (QED) is 0.792. The van der Waals surface area contributed by atoms with Crippen molar-refractivity contribution in [1.29, 1.82) is 0 Å². The van der Waals surface area contributed by atoms with E-state index in [1.54, 1.807) is 9.80 Å². The van der Waals surface area contributed by atoms with Crippen LogP contribution in [-0.2, 0) is 13.0 Å². The van der Waals surface area contributed by atoms with Gasteiger partial charge in [-0.2, -0.15) is 0 Å². The van der Waals surface area contributed by atoms with Gasteiger partial charge in [-0.05, 0) is 31.0 Å². The van der Waals surface area contributed by atoms with Crippen molar-refractivity contribution >= 4 is 23.4 Å². The summed E-state index contributed by atoms with van der Waals surface area (Å²) < 4.78 is 16.0. The van der Waals surface area contributed by atoms with Crippen LogP contribution in [0.4, 0.5) is 4.39 Å². The van der Waals surface area contributed by atoms with Gasteiger partial charge in [0.15, 0.2) is 0 Å². The molecule has 142 valence electrons. The molecule has 6 nitrogen and oxygen atoms in total. The summed E-state index contributed by atoms with van der Waals surface area (Å²) in [7, 11) is 0. The third-order valence-corrected chi connectivity index (χ3v) is 5.38. The van der Waals surface area contributed by atoms with Gasteiger partial charge in [-0.25, -0.2) is 9.37 Å². The molecule has 4 rings (SSSR count). The van der Waals surface area contributed by atoms with E-state index in [9.17, 15) is 14.0 Å². The van der Waals surface area contributed by atoms with Crippen LogP contribution >= 0.6 is 11.6 Å². The molecule has 2 amide bonds. The van der Waals surface area contributed by atoms with E-state index in [4.69, 9.17) is 11.6 Å². The molecule has 0 radical (unpaired) electrons. The summed E-state index contributed by atoms with van der Waals surface area (Å²) in [4.78, 5) is 33.0. The number of benzene rings is 1. The molecule has 8 heteroatoms. The lowest BCUT2D eigenvalue weighted by Crippen LogP contribution is -2.50. The van der Waals surface area contributed by atoms with Crippen molar-refractivity contribution in [3.05, 3.63) is 52.3 Å². The van der Waals surface area contributed by atoms with Gasteiger partial charge in [0.1, 0.15) is 17.3 Å². The predicted octanol–water partition coefficient (Wildman–Crippen LogP) is 2.61. The number of halogens is 2. The maximum absolute atomic E-state index is 14.0. The molecule has 0 N–H and O–H groups in total. The van der Waals surface area contributed by atoms with E-state index in [2.05, 4.69) is 9.55 Å². The van der Waals surface area contributed by atoms with Crippen molar-refractivity contribution in [3.63, 3.8) is 0 Å². The fourth-order valence-electron chi connectivity index (χ4n) is 3.62. The Bertz CT molecular complexity index is 866. The smallest absolute Gasteiger partial charge is 0.274 e. The first-order valence-corrected chi connectivity index (χ1v) is 9.50. The Morgan fingerprint density at radius 1 is 1.00 bits per heavy atom. The molecule has 0 spiro atoms. The number of piperazine rings is 1. The van der Waals surface area contributed by atoms with Crippen molar-refractivity contribution in [3.8, 4) is 0 Å². The average molecular weight is 391 g/mol. The van der Waals surface area contributed by atoms with Gasteiger partial charge in [-0.15, -0.1) is 0 Å². The van der Waals surface area contributed by atoms with Crippen LogP contribution in [0.1, 0.15) is 39.5 Å². The summed E-state index contributed by atoms with van der Waals surface area (Å²) in [6.07, 6.45) is 4.95. The molecule has 0 saturated carbocycles. The third kappa shape index (κ3) is 3.56. The van der Waals surface area contributed by atoms with Crippen LogP contribution in [0, 0.1) is 5.82 Å². The van der Waals surface area contributed by atoms with Crippen LogP contribution in [0.2, 0.25) is 5.02 Å². The van der Waals surface area contributed by atoms with Gasteiger partial charge in [0, 0.05) is 50.4 Å². The molecule has 2 aromatic rings. The van der Waals surface area contributed by atoms with E-state index in [0.29, 0.717) is 31.9 Å². The second-order valence-electron chi connectivity index (χ2n) is 6.90. The molecular weight excluding hydrogens is 371 g/mol. The van der Waals surface area contributed by atoms with E-state index in [1.807, 2.05) is 6.20 Å². The van der Waals surface area contributed by atoms with E-state index < -0.39 is 5.82 Å². The molecule has 1 fully saturated rings. The van der Waals surface area contributed by atoms with E-state index in [0.717, 1.165) is 37.7 Å². The van der Waals surface area contributed by atoms with Crippen LogP contribution in [0.5, 0.6) is 0 Å². The zero-order chi connectivity index (χ0) is 19.0. The Hall–Kier alpha value is -2.41. The number of nitrogens with zero attached hydrogens (tertiary/aromatic N) is 4. The second kappa shape index (κ2) is 7.31. The minimum absolute atomic E-state index is 0.000882. The largest absolute Gasteiger partial charge is 0.335 e. The summed E-state index contributed by atoms with van der Waals surface area (Å²) in [5.74, 6) is -0.151. The summed E-state index contributed by atoms with van der Waals surface area (Å²) in [5, 5.41) is 0.252. The number of imidazole rings is 1. The fourth-order valence-corrected chi connectivity index (χ4v) is 3.78. The molecule has 3 heterocycles. The maximum atomic E-state index is 14.0. The van der Waals surface area contributed by atoms with Crippen LogP contribution in [0.15, 0.2) is 24.4 Å². The number of carbonyl (C=O) groups is 2.